The Bertz CT molecular complexity index is 72.8. The van der Waals surface area contributed by atoms with Crippen LogP contribution in [0.15, 0.2) is 0 Å². The number of nitrogens with one attached hydrogen (secondary N) is 2. The molecule has 0 saturated carbocycles. The third-order valence-corrected chi connectivity index (χ3v) is 1.04. The highest BCUT2D eigenvalue weighted by molar-refractivity contribution is 7.80. The average Bonchev–Trinajstić information content (AvgIpc) is 1.83. The minimum Gasteiger partial charge on any atom is -0.366 e. The summed E-state index contributed by atoms with van der Waals surface area (Å²) >= 11 is 4.77. The van der Waals surface area contributed by atoms with Crippen LogP contribution in [-0.2, 0) is 0 Å². The minimum atomic E-state index is 0.689. The lowest BCUT2D eigenvalue weighted by atomic mass is 10.5. The van der Waals surface area contributed by atoms with Gasteiger partial charge in [0.2, 0.25) is 0 Å². The second kappa shape index (κ2) is 4.84. The van der Waals surface area contributed by atoms with Crippen LogP contribution in [0.5, 0.6) is 0 Å². The van der Waals surface area contributed by atoms with Gasteiger partial charge in [-0.25, -0.2) is 0 Å². The van der Waals surface area contributed by atoms with Gasteiger partial charge in [0, 0.05) is 13.6 Å². The maximum absolute atomic E-state index is 4.77. The Hall–Kier alpha value is -0.310. The average molecular weight is 131 g/mol. The van der Waals surface area contributed by atoms with Crippen LogP contribution in [0.4, 0.5) is 0 Å². The second-order valence-corrected chi connectivity index (χ2v) is 1.77. The molecule has 0 aromatic rings. The largest absolute Gasteiger partial charge is 0.366 e. The Labute approximate surface area is 55.7 Å². The van der Waals surface area contributed by atoms with Gasteiger partial charge in [0.15, 0.2) is 5.11 Å². The van der Waals surface area contributed by atoms with E-state index in [-0.39, 0.29) is 0 Å². The molecule has 0 aromatic carbocycles. The van der Waals surface area contributed by atoms with Gasteiger partial charge in [0.25, 0.3) is 0 Å². The van der Waals surface area contributed by atoms with Gasteiger partial charge < -0.3 is 10.6 Å². The van der Waals surface area contributed by atoms with E-state index in [9.17, 15) is 0 Å². The predicted octanol–water partition coefficient (Wildman–Crippen LogP) is 0.304. The van der Waals surface area contributed by atoms with Crippen molar-refractivity contribution in [2.45, 2.75) is 6.42 Å². The summed E-state index contributed by atoms with van der Waals surface area (Å²) in [6.07, 6.45) is 0.863. The van der Waals surface area contributed by atoms with Gasteiger partial charge in [-0.2, -0.15) is 0 Å². The van der Waals surface area contributed by atoms with Crippen LogP contribution in [0, 0.1) is 6.92 Å². The summed E-state index contributed by atoms with van der Waals surface area (Å²) in [4.78, 5) is 0. The Kier molecular flexibility index (Phi) is 4.65. The third kappa shape index (κ3) is 3.87. The molecule has 2 N–H and O–H groups in total. The van der Waals surface area contributed by atoms with Crippen LogP contribution in [-0.4, -0.2) is 18.7 Å². The van der Waals surface area contributed by atoms with Crippen molar-refractivity contribution in [3.8, 4) is 0 Å². The topological polar surface area (TPSA) is 24.1 Å². The Morgan fingerprint density at radius 1 is 1.75 bits per heavy atom. The highest BCUT2D eigenvalue weighted by Crippen LogP contribution is 1.68. The molecule has 0 amide bonds. The zero-order chi connectivity index (χ0) is 6.41. The number of thiocarbonyl (C=S) groups is 1. The Morgan fingerprint density at radius 2 is 2.38 bits per heavy atom. The van der Waals surface area contributed by atoms with Gasteiger partial charge in [-0.05, 0) is 18.6 Å². The third-order valence-electron chi connectivity index (χ3n) is 0.689. The van der Waals surface area contributed by atoms with Gasteiger partial charge in [-0.1, -0.05) is 6.92 Å². The molecule has 0 unspecified atom stereocenters. The SMILES string of the molecule is [CH2]CCNC(=S)NC. The summed E-state index contributed by atoms with van der Waals surface area (Å²) < 4.78 is 0. The fourth-order valence-corrected chi connectivity index (χ4v) is 0.392. The molecule has 0 aliphatic heterocycles. The van der Waals surface area contributed by atoms with Crippen LogP contribution < -0.4 is 10.6 Å². The Balaban J connectivity index is 2.99. The maximum atomic E-state index is 4.77. The first-order chi connectivity index (χ1) is 3.81. The van der Waals surface area contributed by atoms with E-state index in [1.165, 1.54) is 0 Å². The molecule has 47 valence electrons. The van der Waals surface area contributed by atoms with Gasteiger partial charge in [-0.15, -0.1) is 0 Å². The van der Waals surface area contributed by atoms with Crippen molar-refractivity contribution in [1.29, 1.82) is 0 Å². The van der Waals surface area contributed by atoms with E-state index in [1.54, 1.807) is 7.05 Å². The van der Waals surface area contributed by atoms with Crippen molar-refractivity contribution in [2.75, 3.05) is 13.6 Å². The van der Waals surface area contributed by atoms with Crippen molar-refractivity contribution in [1.82, 2.24) is 10.6 Å². The van der Waals surface area contributed by atoms with Crippen molar-refractivity contribution in [3.63, 3.8) is 0 Å². The quantitative estimate of drug-likeness (QED) is 0.527. The van der Waals surface area contributed by atoms with E-state index < -0.39 is 0 Å². The van der Waals surface area contributed by atoms with Gasteiger partial charge >= 0.3 is 0 Å². The fourth-order valence-electron chi connectivity index (χ4n) is 0.290. The molecule has 0 heterocycles. The second-order valence-electron chi connectivity index (χ2n) is 1.36. The van der Waals surface area contributed by atoms with Crippen LogP contribution in [0.1, 0.15) is 6.42 Å². The standard InChI is InChI=1S/C5H11N2S/c1-3-4-7-5(8)6-2/h1,3-4H2,2H3,(H2,6,7,8). The molecular weight excluding hydrogens is 120 g/mol. The smallest absolute Gasteiger partial charge is 0.166 e. The van der Waals surface area contributed by atoms with Gasteiger partial charge in [0.1, 0.15) is 0 Å². The fraction of sp³-hybridized carbons (Fsp3) is 0.600. The summed E-state index contributed by atoms with van der Waals surface area (Å²) in [6, 6.07) is 0. The summed E-state index contributed by atoms with van der Waals surface area (Å²) in [5, 5.41) is 6.42. The molecule has 0 aromatic heterocycles. The molecule has 2 nitrogen and oxygen atoms in total. The van der Waals surface area contributed by atoms with E-state index in [0.717, 1.165) is 13.0 Å². The first-order valence-electron chi connectivity index (χ1n) is 2.56. The van der Waals surface area contributed by atoms with E-state index in [1.807, 2.05) is 0 Å². The lowest BCUT2D eigenvalue weighted by molar-refractivity contribution is 0.869. The maximum Gasteiger partial charge on any atom is 0.166 e. The zero-order valence-corrected chi connectivity index (χ0v) is 5.85. The lowest BCUT2D eigenvalue weighted by Crippen LogP contribution is -2.32. The molecule has 0 atom stereocenters. The molecule has 0 bridgehead atoms. The molecular formula is C5H11N2S. The van der Waals surface area contributed by atoms with Crippen molar-refractivity contribution in [2.24, 2.45) is 0 Å². The molecule has 0 spiro atoms. The summed E-state index contributed by atoms with van der Waals surface area (Å²) in [7, 11) is 1.79. The predicted molar refractivity (Wildman–Crippen MR) is 39.6 cm³/mol. The number of hydrogen-bond acceptors (Lipinski definition) is 1. The minimum absolute atomic E-state index is 0.689. The molecule has 0 fully saturated rings. The van der Waals surface area contributed by atoms with Crippen molar-refractivity contribution in [3.05, 3.63) is 6.92 Å². The van der Waals surface area contributed by atoms with Crippen molar-refractivity contribution >= 4 is 17.3 Å². The van der Waals surface area contributed by atoms with Crippen LogP contribution in [0.2, 0.25) is 0 Å². The highest BCUT2D eigenvalue weighted by atomic mass is 32.1. The van der Waals surface area contributed by atoms with E-state index in [4.69, 9.17) is 12.2 Å². The summed E-state index contributed by atoms with van der Waals surface area (Å²) in [5.41, 5.74) is 0. The molecule has 0 rings (SSSR count). The normalized spacial score (nSPS) is 8.25. The van der Waals surface area contributed by atoms with Crippen LogP contribution in [0.3, 0.4) is 0 Å². The number of rotatable bonds is 2. The van der Waals surface area contributed by atoms with Crippen molar-refractivity contribution < 1.29 is 0 Å². The van der Waals surface area contributed by atoms with Crippen LogP contribution >= 0.6 is 12.2 Å². The van der Waals surface area contributed by atoms with E-state index in [0.29, 0.717) is 5.11 Å². The van der Waals surface area contributed by atoms with Gasteiger partial charge in [-0.3, -0.25) is 0 Å². The van der Waals surface area contributed by atoms with Gasteiger partial charge in [0.05, 0.1) is 0 Å². The van der Waals surface area contributed by atoms with E-state index >= 15 is 0 Å². The molecule has 1 radical (unpaired) electrons. The number of hydrogen-bond donors (Lipinski definition) is 2. The van der Waals surface area contributed by atoms with Crippen LogP contribution in [0.25, 0.3) is 0 Å². The van der Waals surface area contributed by atoms with E-state index in [2.05, 4.69) is 17.6 Å². The zero-order valence-electron chi connectivity index (χ0n) is 5.03. The molecule has 8 heavy (non-hydrogen) atoms. The highest BCUT2D eigenvalue weighted by Gasteiger charge is 1.84. The molecule has 0 aliphatic rings. The molecule has 0 saturated heterocycles. The lowest BCUT2D eigenvalue weighted by Gasteiger charge is -2.02. The molecule has 0 aliphatic carbocycles. The first kappa shape index (κ1) is 7.69. The molecule has 3 heteroatoms. The monoisotopic (exact) mass is 131 g/mol. The Morgan fingerprint density at radius 3 is 2.75 bits per heavy atom. The first-order valence-corrected chi connectivity index (χ1v) is 2.97. The summed E-state index contributed by atoms with van der Waals surface area (Å²) in [5.74, 6) is 0. The summed E-state index contributed by atoms with van der Waals surface area (Å²) in [6.45, 7) is 4.49.